The van der Waals surface area contributed by atoms with Crippen LogP contribution in [0.5, 0.6) is 0 Å². The molecule has 2 fully saturated rings. The van der Waals surface area contributed by atoms with Crippen LogP contribution in [0.1, 0.15) is 17.0 Å². The summed E-state index contributed by atoms with van der Waals surface area (Å²) in [6.45, 7) is 3.38. The van der Waals surface area contributed by atoms with Gasteiger partial charge in [-0.15, -0.1) is 10.2 Å². The number of hydrogen-bond donors (Lipinski definition) is 0. The predicted octanol–water partition coefficient (Wildman–Crippen LogP) is 1.58. The summed E-state index contributed by atoms with van der Waals surface area (Å²) >= 11 is 1.57. The van der Waals surface area contributed by atoms with E-state index in [4.69, 9.17) is 0 Å². The smallest absolute Gasteiger partial charge is 0.208 e. The van der Waals surface area contributed by atoms with E-state index in [1.54, 1.807) is 23.5 Å². The summed E-state index contributed by atoms with van der Waals surface area (Å²) in [6.07, 6.45) is 1.40. The van der Waals surface area contributed by atoms with Crippen LogP contribution in [0.3, 0.4) is 0 Å². The zero-order chi connectivity index (χ0) is 18.1. The molecule has 6 nitrogen and oxygen atoms in total. The molecular formula is C17H21FN4O2S2. The van der Waals surface area contributed by atoms with Crippen molar-refractivity contribution in [2.45, 2.75) is 18.9 Å². The summed E-state index contributed by atoms with van der Waals surface area (Å²) in [4.78, 5) is 4.51. The molecule has 1 aromatic heterocycles. The van der Waals surface area contributed by atoms with Crippen LogP contribution in [0.4, 0.5) is 9.52 Å². The molecule has 0 bridgehead atoms. The number of piperazine rings is 1. The molecule has 0 amide bonds. The molecule has 3 heterocycles. The first kappa shape index (κ1) is 17.8. The molecule has 1 aromatic carbocycles. The summed E-state index contributed by atoms with van der Waals surface area (Å²) in [6, 6.07) is 6.63. The van der Waals surface area contributed by atoms with Crippen LogP contribution in [0.25, 0.3) is 0 Å². The van der Waals surface area contributed by atoms with Crippen LogP contribution in [0.2, 0.25) is 0 Å². The third kappa shape index (κ3) is 4.05. The molecule has 1 unspecified atom stereocenters. The van der Waals surface area contributed by atoms with Gasteiger partial charge in [-0.05, 0) is 24.1 Å². The molecule has 4 rings (SSSR count). The molecule has 0 radical (unpaired) electrons. The quantitative estimate of drug-likeness (QED) is 0.782. The van der Waals surface area contributed by atoms with Gasteiger partial charge in [-0.2, -0.15) is 0 Å². The highest BCUT2D eigenvalue weighted by Crippen LogP contribution is 2.25. The lowest BCUT2D eigenvalue weighted by Crippen LogP contribution is -2.50. The van der Waals surface area contributed by atoms with Crippen molar-refractivity contribution in [1.29, 1.82) is 0 Å². The van der Waals surface area contributed by atoms with E-state index in [0.29, 0.717) is 17.9 Å². The third-order valence-electron chi connectivity index (χ3n) is 5.03. The Kier molecular flexibility index (Phi) is 4.94. The molecular weight excluding hydrogens is 375 g/mol. The summed E-state index contributed by atoms with van der Waals surface area (Å²) in [5.41, 5.74) is 1.02. The van der Waals surface area contributed by atoms with Crippen molar-refractivity contribution in [3.05, 3.63) is 40.7 Å². The molecule has 0 aliphatic carbocycles. The van der Waals surface area contributed by atoms with Gasteiger partial charge in [0, 0.05) is 38.6 Å². The van der Waals surface area contributed by atoms with Gasteiger partial charge in [0.05, 0.1) is 11.5 Å². The second kappa shape index (κ2) is 7.21. The summed E-state index contributed by atoms with van der Waals surface area (Å²) in [5, 5.41) is 10.4. The molecule has 2 aliphatic heterocycles. The van der Waals surface area contributed by atoms with Crippen LogP contribution in [-0.4, -0.2) is 67.2 Å². The van der Waals surface area contributed by atoms with Gasteiger partial charge >= 0.3 is 0 Å². The lowest BCUT2D eigenvalue weighted by molar-refractivity contribution is 0.200. The van der Waals surface area contributed by atoms with Crippen LogP contribution in [0.15, 0.2) is 24.3 Å². The van der Waals surface area contributed by atoms with Gasteiger partial charge in [0.1, 0.15) is 10.8 Å². The zero-order valence-corrected chi connectivity index (χ0v) is 16.0. The molecule has 9 heteroatoms. The van der Waals surface area contributed by atoms with Crippen molar-refractivity contribution in [3.63, 3.8) is 0 Å². The molecule has 0 N–H and O–H groups in total. The highest BCUT2D eigenvalue weighted by Gasteiger charge is 2.34. The minimum Gasteiger partial charge on any atom is -0.344 e. The van der Waals surface area contributed by atoms with Crippen LogP contribution >= 0.6 is 11.3 Å². The lowest BCUT2D eigenvalue weighted by Gasteiger charge is -2.37. The normalized spacial score (nSPS) is 23.4. The maximum Gasteiger partial charge on any atom is 0.208 e. The van der Waals surface area contributed by atoms with Gasteiger partial charge in [0.2, 0.25) is 5.13 Å². The molecule has 26 heavy (non-hydrogen) atoms. The Labute approximate surface area is 156 Å². The summed E-state index contributed by atoms with van der Waals surface area (Å²) in [5.74, 6) is 0.383. The number of aromatic nitrogens is 2. The Morgan fingerprint density at radius 3 is 2.50 bits per heavy atom. The Hall–Kier alpha value is -1.58. The van der Waals surface area contributed by atoms with Crippen molar-refractivity contribution in [2.24, 2.45) is 0 Å². The van der Waals surface area contributed by atoms with E-state index in [0.717, 1.165) is 48.3 Å². The minimum atomic E-state index is -2.84. The molecule has 0 spiro atoms. The number of anilines is 1. The van der Waals surface area contributed by atoms with Gasteiger partial charge in [0.25, 0.3) is 0 Å². The van der Waals surface area contributed by atoms with E-state index in [1.807, 2.05) is 0 Å². The lowest BCUT2D eigenvalue weighted by atomic mass is 10.2. The van der Waals surface area contributed by atoms with Crippen LogP contribution < -0.4 is 4.90 Å². The number of sulfone groups is 1. The number of benzene rings is 1. The van der Waals surface area contributed by atoms with Crippen molar-refractivity contribution in [1.82, 2.24) is 15.1 Å². The Bertz CT molecular complexity index is 861. The van der Waals surface area contributed by atoms with E-state index >= 15 is 0 Å². The molecule has 140 valence electrons. The highest BCUT2D eigenvalue weighted by atomic mass is 32.2. The monoisotopic (exact) mass is 396 g/mol. The van der Waals surface area contributed by atoms with E-state index in [-0.39, 0.29) is 11.9 Å². The first-order valence-corrected chi connectivity index (χ1v) is 11.4. The molecule has 2 saturated heterocycles. The van der Waals surface area contributed by atoms with Crippen molar-refractivity contribution < 1.29 is 12.8 Å². The van der Waals surface area contributed by atoms with E-state index < -0.39 is 9.84 Å². The maximum absolute atomic E-state index is 13.0. The molecule has 2 aromatic rings. The van der Waals surface area contributed by atoms with Gasteiger partial charge in [0.15, 0.2) is 9.84 Å². The van der Waals surface area contributed by atoms with Gasteiger partial charge in [-0.1, -0.05) is 23.5 Å². The summed E-state index contributed by atoms with van der Waals surface area (Å²) < 4.78 is 36.3. The van der Waals surface area contributed by atoms with Crippen LogP contribution in [0, 0.1) is 5.82 Å². The van der Waals surface area contributed by atoms with E-state index in [9.17, 15) is 12.8 Å². The predicted molar refractivity (Wildman–Crippen MR) is 100.0 cm³/mol. The third-order valence-corrected chi connectivity index (χ3v) is 7.77. The Morgan fingerprint density at radius 1 is 1.12 bits per heavy atom. The minimum absolute atomic E-state index is 0.172. The van der Waals surface area contributed by atoms with Gasteiger partial charge < -0.3 is 4.90 Å². The Balaban J connectivity index is 1.33. The first-order chi connectivity index (χ1) is 12.5. The van der Waals surface area contributed by atoms with E-state index in [1.165, 1.54) is 12.1 Å². The summed E-state index contributed by atoms with van der Waals surface area (Å²) in [7, 11) is -2.84. The number of hydrogen-bond acceptors (Lipinski definition) is 7. The number of halogens is 1. The van der Waals surface area contributed by atoms with E-state index in [2.05, 4.69) is 20.0 Å². The Morgan fingerprint density at radius 2 is 1.85 bits per heavy atom. The van der Waals surface area contributed by atoms with Gasteiger partial charge in [-0.25, -0.2) is 12.8 Å². The van der Waals surface area contributed by atoms with Gasteiger partial charge in [-0.3, -0.25) is 4.90 Å². The second-order valence-electron chi connectivity index (χ2n) is 6.86. The van der Waals surface area contributed by atoms with Crippen molar-refractivity contribution >= 4 is 26.3 Å². The molecule has 2 aliphatic rings. The average Bonchev–Trinajstić information content (AvgIpc) is 3.23. The zero-order valence-electron chi connectivity index (χ0n) is 14.3. The largest absolute Gasteiger partial charge is 0.344 e. The first-order valence-electron chi connectivity index (χ1n) is 8.75. The highest BCUT2D eigenvalue weighted by molar-refractivity contribution is 7.91. The standard InChI is InChI=1S/C17H21FN4O2S2/c18-14-3-1-13(2-4-14)11-16-19-20-17(25-16)22-8-6-21(7-9-22)15-5-10-26(23,24)12-15/h1-4,15H,5-12H2. The molecule has 0 saturated carbocycles. The topological polar surface area (TPSA) is 66.4 Å². The fourth-order valence-corrected chi connectivity index (χ4v) is 6.25. The van der Waals surface area contributed by atoms with Crippen LogP contribution in [-0.2, 0) is 16.3 Å². The average molecular weight is 397 g/mol. The molecule has 1 atom stereocenters. The maximum atomic E-state index is 13.0. The number of nitrogens with zero attached hydrogens (tertiary/aromatic N) is 4. The SMILES string of the molecule is O=S1(=O)CCC(N2CCN(c3nnc(Cc4ccc(F)cc4)s3)CC2)C1. The fraction of sp³-hybridized carbons (Fsp3) is 0.529. The fourth-order valence-electron chi connectivity index (χ4n) is 3.56. The van der Waals surface area contributed by atoms with Crippen molar-refractivity contribution in [2.75, 3.05) is 42.6 Å². The second-order valence-corrected chi connectivity index (χ2v) is 10.1. The number of rotatable bonds is 4. The van der Waals surface area contributed by atoms with Crippen molar-refractivity contribution in [3.8, 4) is 0 Å².